The fourth-order valence-corrected chi connectivity index (χ4v) is 4.50. The molecule has 0 aromatic heterocycles. The Kier molecular flexibility index (Phi) is 7.02. The Morgan fingerprint density at radius 1 is 1.06 bits per heavy atom. The van der Waals surface area contributed by atoms with Crippen molar-refractivity contribution in [1.29, 1.82) is 0 Å². The van der Waals surface area contributed by atoms with Gasteiger partial charge in [-0.2, -0.15) is 0 Å². The minimum atomic E-state index is -0.171. The molecule has 0 spiro atoms. The van der Waals surface area contributed by atoms with Gasteiger partial charge < -0.3 is 5.32 Å². The number of nitrogens with one attached hydrogen (secondary N) is 1. The van der Waals surface area contributed by atoms with E-state index in [1.807, 2.05) is 26.0 Å². The van der Waals surface area contributed by atoms with Gasteiger partial charge in [-0.15, -0.1) is 0 Å². The molecule has 3 amide bonds. The van der Waals surface area contributed by atoms with Crippen LogP contribution in [0.2, 0.25) is 0 Å². The van der Waals surface area contributed by atoms with Crippen LogP contribution in [-0.2, 0) is 4.79 Å². The van der Waals surface area contributed by atoms with Crippen LogP contribution >= 0.6 is 0 Å². The third-order valence-corrected chi connectivity index (χ3v) is 6.52. The van der Waals surface area contributed by atoms with E-state index in [0.29, 0.717) is 23.6 Å². The van der Waals surface area contributed by atoms with Crippen LogP contribution in [0.25, 0.3) is 0 Å². The van der Waals surface area contributed by atoms with Crippen LogP contribution < -0.4 is 5.32 Å². The molecule has 0 bridgehead atoms. The van der Waals surface area contributed by atoms with Crippen LogP contribution in [0.15, 0.2) is 48.5 Å². The van der Waals surface area contributed by atoms with E-state index in [-0.39, 0.29) is 23.6 Å². The normalized spacial score (nSPS) is 17.8. The van der Waals surface area contributed by atoms with Crippen LogP contribution in [0.5, 0.6) is 0 Å². The van der Waals surface area contributed by atoms with Gasteiger partial charge in [0.15, 0.2) is 0 Å². The monoisotopic (exact) mass is 446 g/mol. The molecule has 0 saturated heterocycles. The Morgan fingerprint density at radius 2 is 1.79 bits per heavy atom. The Hall–Kier alpha value is -3.28. The van der Waals surface area contributed by atoms with Crippen LogP contribution in [0.3, 0.4) is 0 Å². The minimum Gasteiger partial charge on any atom is -0.326 e. The highest BCUT2D eigenvalue weighted by Gasteiger charge is 2.34. The first kappa shape index (κ1) is 22.9. The first-order valence-corrected chi connectivity index (χ1v) is 11.9. The maximum absolute atomic E-state index is 12.5. The standard InChI is InChI=1S/C27H31N3O3/c1-19(2)25(31)28-22-9-7-8-21(18-22)20-12-16-29(17-13-20)14-5-6-15-30-26(32)23-10-3-4-11-24(23)27(30)33/h3-4,7-11,16,18-20H,5-6,12-15,17H2,1-2H3/p+1. The average Bonchev–Trinajstić information content (AvgIpc) is 3.07. The summed E-state index contributed by atoms with van der Waals surface area (Å²) in [6.07, 6.45) is 6.05. The van der Waals surface area contributed by atoms with Crippen LogP contribution in [-0.4, -0.2) is 53.0 Å². The molecule has 1 atom stereocenters. The number of rotatable bonds is 8. The Morgan fingerprint density at radius 3 is 2.42 bits per heavy atom. The molecule has 2 aromatic carbocycles. The van der Waals surface area contributed by atoms with Crippen LogP contribution in [0.4, 0.5) is 5.69 Å². The van der Waals surface area contributed by atoms with Gasteiger partial charge in [-0.1, -0.05) is 38.1 Å². The molecule has 2 heterocycles. The molecule has 6 nitrogen and oxygen atoms in total. The SMILES string of the molecule is CC(C)C(=O)Nc1cccc(C2CC=[N+](CCCCN3C(=O)c4ccccc4C3=O)CC2)c1. The van der Waals surface area contributed by atoms with Gasteiger partial charge in [0.25, 0.3) is 11.8 Å². The van der Waals surface area contributed by atoms with Gasteiger partial charge in [0.2, 0.25) is 5.91 Å². The number of benzene rings is 2. The summed E-state index contributed by atoms with van der Waals surface area (Å²) in [6, 6.07) is 15.2. The summed E-state index contributed by atoms with van der Waals surface area (Å²) in [5.74, 6) is 0.108. The lowest BCUT2D eigenvalue weighted by Gasteiger charge is -2.20. The second-order valence-electron chi connectivity index (χ2n) is 9.22. The molecular formula is C27H32N3O3+. The van der Waals surface area contributed by atoms with E-state index in [4.69, 9.17) is 0 Å². The highest BCUT2D eigenvalue weighted by atomic mass is 16.2. The Bertz CT molecular complexity index is 1050. The van der Waals surface area contributed by atoms with Gasteiger partial charge in [0.1, 0.15) is 19.3 Å². The largest absolute Gasteiger partial charge is 0.326 e. The Balaban J connectivity index is 1.24. The summed E-state index contributed by atoms with van der Waals surface area (Å²) >= 11 is 0. The van der Waals surface area contributed by atoms with Crippen molar-refractivity contribution in [2.45, 2.75) is 45.4 Å². The van der Waals surface area contributed by atoms with Gasteiger partial charge in [-0.25, -0.2) is 4.58 Å². The number of anilines is 1. The fourth-order valence-electron chi connectivity index (χ4n) is 4.50. The topological polar surface area (TPSA) is 69.5 Å². The lowest BCUT2D eigenvalue weighted by Crippen LogP contribution is -2.31. The number of amides is 3. The van der Waals surface area contributed by atoms with E-state index in [1.54, 1.807) is 24.3 Å². The predicted octanol–water partition coefficient (Wildman–Crippen LogP) is 4.32. The third-order valence-electron chi connectivity index (χ3n) is 6.52. The zero-order valence-corrected chi connectivity index (χ0v) is 19.4. The number of imide groups is 1. The van der Waals surface area contributed by atoms with Crippen molar-refractivity contribution in [3.05, 3.63) is 65.2 Å². The van der Waals surface area contributed by atoms with E-state index in [0.717, 1.165) is 44.5 Å². The molecule has 0 radical (unpaired) electrons. The molecular weight excluding hydrogens is 414 g/mol. The molecule has 1 N–H and O–H groups in total. The van der Waals surface area contributed by atoms with Crippen molar-refractivity contribution in [2.75, 3.05) is 25.0 Å². The summed E-state index contributed by atoms with van der Waals surface area (Å²) in [5.41, 5.74) is 3.16. The molecule has 2 aromatic rings. The smallest absolute Gasteiger partial charge is 0.261 e. The Labute approximate surface area is 195 Å². The molecule has 4 rings (SSSR count). The zero-order valence-electron chi connectivity index (χ0n) is 19.4. The van der Waals surface area contributed by atoms with Crippen molar-refractivity contribution in [1.82, 2.24) is 4.90 Å². The highest BCUT2D eigenvalue weighted by Crippen LogP contribution is 2.27. The fraction of sp³-hybridized carbons (Fsp3) is 0.407. The molecule has 6 heteroatoms. The van der Waals surface area contributed by atoms with Crippen molar-refractivity contribution in [2.24, 2.45) is 5.92 Å². The zero-order chi connectivity index (χ0) is 23.4. The first-order valence-electron chi connectivity index (χ1n) is 11.9. The molecule has 1 unspecified atom stereocenters. The molecule has 172 valence electrons. The summed E-state index contributed by atoms with van der Waals surface area (Å²) < 4.78 is 2.35. The number of hydrogen-bond acceptors (Lipinski definition) is 3. The average molecular weight is 447 g/mol. The van der Waals surface area contributed by atoms with Crippen molar-refractivity contribution in [3.63, 3.8) is 0 Å². The summed E-state index contributed by atoms with van der Waals surface area (Å²) in [7, 11) is 0. The van der Waals surface area contributed by atoms with Gasteiger partial charge in [0.05, 0.1) is 11.1 Å². The second-order valence-corrected chi connectivity index (χ2v) is 9.22. The van der Waals surface area contributed by atoms with Gasteiger partial charge in [-0.05, 0) is 42.2 Å². The maximum atomic E-state index is 12.5. The molecule has 33 heavy (non-hydrogen) atoms. The van der Waals surface area contributed by atoms with E-state index in [9.17, 15) is 14.4 Å². The van der Waals surface area contributed by atoms with Crippen molar-refractivity contribution >= 4 is 29.6 Å². The number of unbranched alkanes of at least 4 members (excludes halogenated alkanes) is 1. The van der Waals surface area contributed by atoms with Crippen LogP contribution in [0, 0.1) is 5.92 Å². The van der Waals surface area contributed by atoms with Gasteiger partial charge in [-0.3, -0.25) is 19.3 Å². The minimum absolute atomic E-state index is 0.0368. The van der Waals surface area contributed by atoms with E-state index < -0.39 is 0 Å². The van der Waals surface area contributed by atoms with Gasteiger partial charge in [0, 0.05) is 37.4 Å². The number of fused-ring (bicyclic) bond motifs is 1. The number of carbonyl (C=O) groups excluding carboxylic acids is 3. The third kappa shape index (κ3) is 5.21. The number of hydrogen-bond donors (Lipinski definition) is 1. The molecule has 0 fully saturated rings. The molecule has 2 aliphatic rings. The molecule has 0 saturated carbocycles. The van der Waals surface area contributed by atoms with Crippen molar-refractivity contribution < 1.29 is 19.0 Å². The lowest BCUT2D eigenvalue weighted by molar-refractivity contribution is -0.529. The molecule has 0 aliphatic carbocycles. The maximum Gasteiger partial charge on any atom is 0.261 e. The first-order chi connectivity index (χ1) is 15.9. The summed E-state index contributed by atoms with van der Waals surface area (Å²) in [4.78, 5) is 38.3. The lowest BCUT2D eigenvalue weighted by atomic mass is 9.90. The second kappa shape index (κ2) is 10.1. The number of nitrogens with zero attached hydrogens (tertiary/aromatic N) is 2. The predicted molar refractivity (Wildman–Crippen MR) is 129 cm³/mol. The highest BCUT2D eigenvalue weighted by molar-refractivity contribution is 6.21. The summed E-state index contributed by atoms with van der Waals surface area (Å²) in [6.45, 7) is 6.17. The van der Waals surface area contributed by atoms with Crippen LogP contribution in [0.1, 0.15) is 71.7 Å². The summed E-state index contributed by atoms with van der Waals surface area (Å²) in [5, 5.41) is 2.99. The molecule has 2 aliphatic heterocycles. The number of carbonyl (C=O) groups is 3. The van der Waals surface area contributed by atoms with E-state index in [2.05, 4.69) is 28.2 Å². The quantitative estimate of drug-likeness (QED) is 0.373. The van der Waals surface area contributed by atoms with E-state index >= 15 is 0 Å². The van der Waals surface area contributed by atoms with Gasteiger partial charge >= 0.3 is 0 Å². The van der Waals surface area contributed by atoms with Crippen molar-refractivity contribution in [3.8, 4) is 0 Å². The van der Waals surface area contributed by atoms with E-state index in [1.165, 1.54) is 10.5 Å².